The van der Waals surface area contributed by atoms with Crippen LogP contribution in [0.25, 0.3) is 0 Å². The zero-order chi connectivity index (χ0) is 8.27. The van der Waals surface area contributed by atoms with Crippen molar-refractivity contribution in [3.63, 3.8) is 0 Å². The fourth-order valence-corrected chi connectivity index (χ4v) is 1.96. The third kappa shape index (κ3) is 2.20. The maximum absolute atomic E-state index is 12.8. The molecule has 11 heavy (non-hydrogen) atoms. The number of halogens is 2. The van der Waals surface area contributed by atoms with Crippen molar-refractivity contribution in [2.45, 2.75) is 5.75 Å². The SMILES string of the molecule is CSCc1cccc(F)c1Br. The van der Waals surface area contributed by atoms with Crippen LogP contribution >= 0.6 is 27.7 Å². The molecule has 1 rings (SSSR count). The Morgan fingerprint density at radius 3 is 2.91 bits per heavy atom. The highest BCUT2D eigenvalue weighted by Gasteiger charge is 2.02. The molecule has 0 aliphatic rings. The largest absolute Gasteiger partial charge is 0.206 e. The topological polar surface area (TPSA) is 0 Å². The molecule has 1 aromatic carbocycles. The monoisotopic (exact) mass is 234 g/mol. The maximum Gasteiger partial charge on any atom is 0.137 e. The van der Waals surface area contributed by atoms with Crippen LogP contribution < -0.4 is 0 Å². The molecule has 1 aromatic rings. The van der Waals surface area contributed by atoms with Gasteiger partial charge in [-0.3, -0.25) is 0 Å². The van der Waals surface area contributed by atoms with Crippen molar-refractivity contribution < 1.29 is 4.39 Å². The minimum Gasteiger partial charge on any atom is -0.206 e. The number of thioether (sulfide) groups is 1. The van der Waals surface area contributed by atoms with E-state index >= 15 is 0 Å². The first-order valence-electron chi connectivity index (χ1n) is 3.17. The second-order valence-electron chi connectivity index (χ2n) is 2.15. The summed E-state index contributed by atoms with van der Waals surface area (Å²) in [7, 11) is 0. The molecule has 0 spiro atoms. The molecule has 60 valence electrons. The van der Waals surface area contributed by atoms with Crippen LogP contribution in [0.2, 0.25) is 0 Å². The smallest absolute Gasteiger partial charge is 0.137 e. The van der Waals surface area contributed by atoms with Crippen molar-refractivity contribution in [1.82, 2.24) is 0 Å². The van der Waals surface area contributed by atoms with Gasteiger partial charge in [-0.05, 0) is 33.8 Å². The second-order valence-corrected chi connectivity index (χ2v) is 3.80. The Morgan fingerprint density at radius 2 is 2.27 bits per heavy atom. The first-order chi connectivity index (χ1) is 5.25. The highest BCUT2D eigenvalue weighted by atomic mass is 79.9. The summed E-state index contributed by atoms with van der Waals surface area (Å²) in [6.07, 6.45) is 2.00. The van der Waals surface area contributed by atoms with Crippen molar-refractivity contribution in [3.05, 3.63) is 34.1 Å². The molecule has 0 aliphatic heterocycles. The number of hydrogen-bond donors (Lipinski definition) is 0. The van der Waals surface area contributed by atoms with Crippen molar-refractivity contribution in [2.24, 2.45) is 0 Å². The van der Waals surface area contributed by atoms with Crippen LogP contribution in [-0.4, -0.2) is 6.26 Å². The molecule has 0 atom stereocenters. The lowest BCUT2D eigenvalue weighted by Crippen LogP contribution is -1.85. The number of benzene rings is 1. The van der Waals surface area contributed by atoms with Gasteiger partial charge in [-0.15, -0.1) is 0 Å². The van der Waals surface area contributed by atoms with E-state index in [-0.39, 0.29) is 5.82 Å². The van der Waals surface area contributed by atoms with Crippen LogP contribution in [-0.2, 0) is 5.75 Å². The third-order valence-corrected chi connectivity index (χ3v) is 2.82. The number of rotatable bonds is 2. The number of hydrogen-bond acceptors (Lipinski definition) is 1. The van der Waals surface area contributed by atoms with Gasteiger partial charge in [0.2, 0.25) is 0 Å². The van der Waals surface area contributed by atoms with Crippen LogP contribution in [0, 0.1) is 5.82 Å². The van der Waals surface area contributed by atoms with Crippen LogP contribution in [0.4, 0.5) is 4.39 Å². The summed E-state index contributed by atoms with van der Waals surface area (Å²) in [5, 5.41) is 0. The first-order valence-corrected chi connectivity index (χ1v) is 5.36. The quantitative estimate of drug-likeness (QED) is 0.756. The standard InChI is InChI=1S/C8H8BrFS/c1-11-5-6-3-2-4-7(10)8(6)9/h2-4H,5H2,1H3. The van der Waals surface area contributed by atoms with Gasteiger partial charge >= 0.3 is 0 Å². The second kappa shape index (κ2) is 4.12. The Kier molecular flexibility index (Phi) is 3.40. The molecule has 0 fully saturated rings. The van der Waals surface area contributed by atoms with E-state index in [9.17, 15) is 4.39 Å². The zero-order valence-electron chi connectivity index (χ0n) is 6.10. The van der Waals surface area contributed by atoms with Crippen molar-refractivity contribution in [3.8, 4) is 0 Å². The highest BCUT2D eigenvalue weighted by Crippen LogP contribution is 2.23. The van der Waals surface area contributed by atoms with Crippen LogP contribution in [0.3, 0.4) is 0 Å². The van der Waals surface area contributed by atoms with Crippen molar-refractivity contribution >= 4 is 27.7 Å². The van der Waals surface area contributed by atoms with E-state index in [1.807, 2.05) is 12.3 Å². The summed E-state index contributed by atoms with van der Waals surface area (Å²) in [6, 6.07) is 5.10. The predicted molar refractivity (Wildman–Crippen MR) is 51.3 cm³/mol. The van der Waals surface area contributed by atoms with E-state index in [0.717, 1.165) is 11.3 Å². The van der Waals surface area contributed by atoms with E-state index in [1.165, 1.54) is 6.07 Å². The van der Waals surface area contributed by atoms with E-state index in [2.05, 4.69) is 15.9 Å². The molecule has 0 unspecified atom stereocenters. The summed E-state index contributed by atoms with van der Waals surface area (Å²) in [6.45, 7) is 0. The molecule has 0 N–H and O–H groups in total. The van der Waals surface area contributed by atoms with Gasteiger partial charge in [0.1, 0.15) is 5.82 Å². The molecule has 0 heterocycles. The van der Waals surface area contributed by atoms with Gasteiger partial charge in [0.05, 0.1) is 4.47 Å². The average Bonchev–Trinajstić information content (AvgIpc) is 1.99. The third-order valence-electron chi connectivity index (χ3n) is 1.33. The molecular weight excluding hydrogens is 227 g/mol. The summed E-state index contributed by atoms with van der Waals surface area (Å²) >= 11 is 4.87. The lowest BCUT2D eigenvalue weighted by Gasteiger charge is -2.01. The Hall–Kier alpha value is -0.0200. The summed E-state index contributed by atoms with van der Waals surface area (Å²) in [4.78, 5) is 0. The molecule has 0 aliphatic carbocycles. The fraction of sp³-hybridized carbons (Fsp3) is 0.250. The molecule has 0 aromatic heterocycles. The van der Waals surface area contributed by atoms with Crippen LogP contribution in [0.5, 0.6) is 0 Å². The summed E-state index contributed by atoms with van der Waals surface area (Å²) in [5.74, 6) is 0.662. The van der Waals surface area contributed by atoms with Crippen LogP contribution in [0.1, 0.15) is 5.56 Å². The highest BCUT2D eigenvalue weighted by molar-refractivity contribution is 9.10. The molecule has 0 saturated heterocycles. The van der Waals surface area contributed by atoms with Crippen LogP contribution in [0.15, 0.2) is 22.7 Å². The Balaban J connectivity index is 2.96. The minimum absolute atomic E-state index is 0.184. The Labute approximate surface area is 78.3 Å². The molecule has 0 bridgehead atoms. The maximum atomic E-state index is 12.8. The summed E-state index contributed by atoms with van der Waals surface area (Å²) < 4.78 is 13.4. The Bertz CT molecular complexity index is 250. The molecule has 3 heteroatoms. The van der Waals surface area contributed by atoms with Gasteiger partial charge in [0, 0.05) is 5.75 Å². The molecule has 0 amide bonds. The first kappa shape index (κ1) is 9.07. The van der Waals surface area contributed by atoms with E-state index in [1.54, 1.807) is 17.8 Å². The Morgan fingerprint density at radius 1 is 1.55 bits per heavy atom. The zero-order valence-corrected chi connectivity index (χ0v) is 8.51. The lowest BCUT2D eigenvalue weighted by molar-refractivity contribution is 0.619. The van der Waals surface area contributed by atoms with Gasteiger partial charge in [0.25, 0.3) is 0 Å². The van der Waals surface area contributed by atoms with Gasteiger partial charge in [-0.1, -0.05) is 12.1 Å². The molecule has 0 radical (unpaired) electrons. The van der Waals surface area contributed by atoms with Gasteiger partial charge in [-0.25, -0.2) is 4.39 Å². The van der Waals surface area contributed by atoms with E-state index in [0.29, 0.717) is 4.47 Å². The minimum atomic E-state index is -0.184. The van der Waals surface area contributed by atoms with E-state index in [4.69, 9.17) is 0 Å². The van der Waals surface area contributed by atoms with Crippen molar-refractivity contribution in [1.29, 1.82) is 0 Å². The lowest BCUT2D eigenvalue weighted by atomic mass is 10.2. The van der Waals surface area contributed by atoms with Gasteiger partial charge in [0.15, 0.2) is 0 Å². The van der Waals surface area contributed by atoms with E-state index < -0.39 is 0 Å². The van der Waals surface area contributed by atoms with Gasteiger partial charge in [-0.2, -0.15) is 11.8 Å². The van der Waals surface area contributed by atoms with Gasteiger partial charge < -0.3 is 0 Å². The summed E-state index contributed by atoms with van der Waals surface area (Å²) in [5.41, 5.74) is 1.01. The average molecular weight is 235 g/mol. The molecule has 0 nitrogen and oxygen atoms in total. The molecule has 0 saturated carbocycles. The normalized spacial score (nSPS) is 10.1. The molecular formula is C8H8BrFS. The van der Waals surface area contributed by atoms with Crippen molar-refractivity contribution in [2.75, 3.05) is 6.26 Å². The fourth-order valence-electron chi connectivity index (χ4n) is 0.815. The predicted octanol–water partition coefficient (Wildman–Crippen LogP) is 3.45.